The number of nitrogens with zero attached hydrogens (tertiary/aromatic N) is 5. The summed E-state index contributed by atoms with van der Waals surface area (Å²) in [7, 11) is 3.47. The molecule has 0 bridgehead atoms. The Morgan fingerprint density at radius 1 is 1.41 bits per heavy atom. The van der Waals surface area contributed by atoms with Crippen molar-refractivity contribution < 1.29 is 4.74 Å². The molecule has 2 aromatic rings. The Labute approximate surface area is 190 Å². The van der Waals surface area contributed by atoms with Gasteiger partial charge in [-0.2, -0.15) is 5.10 Å². The second-order valence-corrected chi connectivity index (χ2v) is 7.53. The molecule has 3 heterocycles. The fraction of sp³-hybridized carbons (Fsp3) is 0.600. The molecule has 1 aliphatic rings. The Hall–Kier alpha value is -1.75. The van der Waals surface area contributed by atoms with Crippen molar-refractivity contribution in [3.05, 3.63) is 41.7 Å². The van der Waals surface area contributed by atoms with Gasteiger partial charge in [0.2, 0.25) is 0 Å². The van der Waals surface area contributed by atoms with Crippen LogP contribution in [0, 0.1) is 5.92 Å². The molecule has 1 aliphatic heterocycles. The number of hydrogen-bond donors (Lipinski definition) is 2. The molecule has 160 valence electrons. The van der Waals surface area contributed by atoms with Gasteiger partial charge in [-0.3, -0.25) is 9.98 Å². The van der Waals surface area contributed by atoms with Crippen molar-refractivity contribution in [1.29, 1.82) is 0 Å². The van der Waals surface area contributed by atoms with Gasteiger partial charge in [-0.1, -0.05) is 19.9 Å². The molecule has 29 heavy (non-hydrogen) atoms. The number of aryl methyl sites for hydroxylation is 1. The summed E-state index contributed by atoms with van der Waals surface area (Å²) in [6, 6.07) is 4.40. The van der Waals surface area contributed by atoms with E-state index in [1.807, 2.05) is 30.2 Å². The molecule has 0 aromatic carbocycles. The number of halogens is 1. The van der Waals surface area contributed by atoms with Crippen LogP contribution in [0.1, 0.15) is 43.4 Å². The van der Waals surface area contributed by atoms with Crippen LogP contribution in [0.15, 0.2) is 29.5 Å². The summed E-state index contributed by atoms with van der Waals surface area (Å²) in [5.41, 5.74) is 1.25. The lowest BCUT2D eigenvalue weighted by Crippen LogP contribution is -2.48. The lowest BCUT2D eigenvalue weighted by atomic mass is 9.89. The van der Waals surface area contributed by atoms with Gasteiger partial charge in [-0.25, -0.2) is 9.67 Å². The number of pyridine rings is 1. The Balaban J connectivity index is 0.00000300. The maximum Gasteiger partial charge on any atom is 0.191 e. The first-order valence-corrected chi connectivity index (χ1v) is 9.89. The van der Waals surface area contributed by atoms with Crippen molar-refractivity contribution in [2.24, 2.45) is 10.9 Å². The minimum absolute atomic E-state index is 0. The quantitative estimate of drug-likeness (QED) is 0.336. The molecule has 0 spiro atoms. The van der Waals surface area contributed by atoms with Crippen LogP contribution in [-0.2, 0) is 24.3 Å². The van der Waals surface area contributed by atoms with Gasteiger partial charge in [0.1, 0.15) is 12.4 Å². The van der Waals surface area contributed by atoms with Crippen molar-refractivity contribution in [2.75, 3.05) is 20.7 Å². The normalized spacial score (nSPS) is 17.4. The lowest BCUT2D eigenvalue weighted by molar-refractivity contribution is 0.177. The van der Waals surface area contributed by atoms with E-state index in [2.05, 4.69) is 50.6 Å². The van der Waals surface area contributed by atoms with Gasteiger partial charge >= 0.3 is 0 Å². The number of nitrogens with one attached hydrogen (secondary N) is 2. The van der Waals surface area contributed by atoms with Crippen LogP contribution in [-0.4, -0.2) is 52.5 Å². The SMILES string of the molecule is CN=C(NCC(c1cccnc1)C(C)C)NC1CCc2nc(COC)nn2C1.I. The molecule has 0 saturated carbocycles. The highest BCUT2D eigenvalue weighted by Crippen LogP contribution is 2.22. The Kier molecular flexibility index (Phi) is 9.28. The minimum atomic E-state index is 0. The predicted octanol–water partition coefficient (Wildman–Crippen LogP) is 2.36. The Morgan fingerprint density at radius 3 is 2.90 bits per heavy atom. The molecule has 9 heteroatoms. The average molecular weight is 513 g/mol. The minimum Gasteiger partial charge on any atom is -0.377 e. The van der Waals surface area contributed by atoms with Gasteiger partial charge in [-0.05, 0) is 24.0 Å². The maximum absolute atomic E-state index is 5.14. The molecule has 0 amide bonds. The fourth-order valence-corrected chi connectivity index (χ4v) is 3.60. The van der Waals surface area contributed by atoms with Crippen LogP contribution in [0.5, 0.6) is 0 Å². The maximum atomic E-state index is 5.14. The Bertz CT molecular complexity index is 778. The number of rotatable bonds is 7. The third-order valence-corrected chi connectivity index (χ3v) is 5.15. The second-order valence-electron chi connectivity index (χ2n) is 7.53. The average Bonchev–Trinajstić information content (AvgIpc) is 3.09. The summed E-state index contributed by atoms with van der Waals surface area (Å²) < 4.78 is 7.12. The van der Waals surface area contributed by atoms with E-state index in [-0.39, 0.29) is 30.0 Å². The standard InChI is InChI=1S/C20H31N7O.HI/c1-14(2)17(15-6-5-9-22-10-15)11-23-20(21-3)24-16-7-8-19-25-18(13-28-4)26-27(19)12-16;/h5-6,9-10,14,16-17H,7-8,11-13H2,1-4H3,(H2,21,23,24);1H. The smallest absolute Gasteiger partial charge is 0.191 e. The van der Waals surface area contributed by atoms with Gasteiger partial charge < -0.3 is 15.4 Å². The fourth-order valence-electron chi connectivity index (χ4n) is 3.60. The monoisotopic (exact) mass is 513 g/mol. The number of aliphatic imine (C=N–C) groups is 1. The largest absolute Gasteiger partial charge is 0.377 e. The molecule has 0 fully saturated rings. The van der Waals surface area contributed by atoms with Crippen molar-refractivity contribution in [2.45, 2.75) is 51.8 Å². The highest BCUT2D eigenvalue weighted by Gasteiger charge is 2.23. The number of ether oxygens (including phenoxy) is 1. The highest BCUT2D eigenvalue weighted by molar-refractivity contribution is 14.0. The third kappa shape index (κ3) is 6.36. The van der Waals surface area contributed by atoms with E-state index in [0.29, 0.717) is 18.4 Å². The van der Waals surface area contributed by atoms with Crippen LogP contribution in [0.4, 0.5) is 0 Å². The van der Waals surface area contributed by atoms with Crippen molar-refractivity contribution in [1.82, 2.24) is 30.4 Å². The number of hydrogen-bond acceptors (Lipinski definition) is 5. The summed E-state index contributed by atoms with van der Waals surface area (Å²) in [6.45, 7) is 6.51. The van der Waals surface area contributed by atoms with E-state index in [0.717, 1.165) is 43.5 Å². The van der Waals surface area contributed by atoms with Gasteiger partial charge in [0, 0.05) is 51.5 Å². The number of guanidine groups is 1. The summed E-state index contributed by atoms with van der Waals surface area (Å²) >= 11 is 0. The van der Waals surface area contributed by atoms with Crippen LogP contribution in [0.2, 0.25) is 0 Å². The van der Waals surface area contributed by atoms with E-state index in [9.17, 15) is 0 Å². The molecule has 2 aromatic heterocycles. The molecule has 8 nitrogen and oxygen atoms in total. The molecule has 2 N–H and O–H groups in total. The summed E-state index contributed by atoms with van der Waals surface area (Å²) in [5.74, 6) is 3.47. The van der Waals surface area contributed by atoms with Gasteiger partial charge in [0.05, 0.1) is 6.54 Å². The zero-order valence-corrected chi connectivity index (χ0v) is 20.0. The number of aromatic nitrogens is 4. The van der Waals surface area contributed by atoms with Crippen LogP contribution in [0.25, 0.3) is 0 Å². The molecule has 0 radical (unpaired) electrons. The first kappa shape index (κ1) is 23.5. The topological polar surface area (TPSA) is 89.2 Å². The first-order chi connectivity index (χ1) is 13.6. The zero-order valence-electron chi connectivity index (χ0n) is 17.6. The molecule has 2 atom stereocenters. The van der Waals surface area contributed by atoms with E-state index in [4.69, 9.17) is 4.74 Å². The summed E-state index contributed by atoms with van der Waals surface area (Å²) in [6.07, 6.45) is 5.67. The lowest BCUT2D eigenvalue weighted by Gasteiger charge is -2.27. The van der Waals surface area contributed by atoms with Gasteiger partial charge in [0.25, 0.3) is 0 Å². The van der Waals surface area contributed by atoms with Crippen LogP contribution < -0.4 is 10.6 Å². The number of fused-ring (bicyclic) bond motifs is 1. The van der Waals surface area contributed by atoms with Crippen molar-refractivity contribution in [3.8, 4) is 0 Å². The Morgan fingerprint density at radius 2 is 2.24 bits per heavy atom. The molecule has 0 saturated heterocycles. The summed E-state index contributed by atoms with van der Waals surface area (Å²) in [5, 5.41) is 11.6. The molecular weight excluding hydrogens is 481 g/mol. The van der Waals surface area contributed by atoms with Crippen molar-refractivity contribution in [3.63, 3.8) is 0 Å². The van der Waals surface area contributed by atoms with Crippen molar-refractivity contribution >= 4 is 29.9 Å². The van der Waals surface area contributed by atoms with E-state index in [1.54, 1.807) is 7.11 Å². The van der Waals surface area contributed by atoms with E-state index >= 15 is 0 Å². The second kappa shape index (κ2) is 11.4. The van der Waals surface area contributed by atoms with Crippen LogP contribution in [0.3, 0.4) is 0 Å². The summed E-state index contributed by atoms with van der Waals surface area (Å²) in [4.78, 5) is 13.2. The first-order valence-electron chi connectivity index (χ1n) is 9.89. The molecule has 0 aliphatic carbocycles. The zero-order chi connectivity index (χ0) is 19.9. The molecular formula is C20H32IN7O. The van der Waals surface area contributed by atoms with E-state index in [1.165, 1.54) is 5.56 Å². The van der Waals surface area contributed by atoms with Crippen LogP contribution >= 0.6 is 24.0 Å². The molecule has 2 unspecified atom stereocenters. The number of methoxy groups -OCH3 is 1. The predicted molar refractivity (Wildman–Crippen MR) is 125 cm³/mol. The van der Waals surface area contributed by atoms with E-state index < -0.39 is 0 Å². The highest BCUT2D eigenvalue weighted by atomic mass is 127. The third-order valence-electron chi connectivity index (χ3n) is 5.15. The van der Waals surface area contributed by atoms with Gasteiger partial charge in [-0.15, -0.1) is 24.0 Å². The van der Waals surface area contributed by atoms with Gasteiger partial charge in [0.15, 0.2) is 11.8 Å². The molecule has 3 rings (SSSR count).